The van der Waals surface area contributed by atoms with Crippen LogP contribution in [0.25, 0.3) is 0 Å². The fraction of sp³-hybridized carbons (Fsp3) is 0.667. The van der Waals surface area contributed by atoms with E-state index >= 15 is 0 Å². The summed E-state index contributed by atoms with van der Waals surface area (Å²) in [7, 11) is 0. The number of hydrogen-bond donors (Lipinski definition) is 0. The fourth-order valence-electron chi connectivity index (χ4n) is 4.71. The number of halogens is 1. The molecule has 4 nitrogen and oxygen atoms in total. The maximum absolute atomic E-state index is 12.0. The molecular formula is C21H32ClNO3. The molecule has 146 valence electrons. The van der Waals surface area contributed by atoms with Gasteiger partial charge in [0.1, 0.15) is 5.60 Å². The molecule has 2 aliphatic rings. The summed E-state index contributed by atoms with van der Waals surface area (Å²) in [6.45, 7) is 8.32. The first kappa shape index (κ1) is 21.2. The second-order valence-corrected chi connectivity index (χ2v) is 7.57. The molecule has 0 radical (unpaired) electrons. The van der Waals surface area contributed by atoms with Crippen LogP contribution in [0.15, 0.2) is 30.3 Å². The lowest BCUT2D eigenvalue weighted by Gasteiger charge is -2.48. The van der Waals surface area contributed by atoms with Gasteiger partial charge in [-0.1, -0.05) is 43.7 Å². The van der Waals surface area contributed by atoms with Crippen molar-refractivity contribution in [2.24, 2.45) is 5.92 Å². The molecule has 3 rings (SSSR count). The predicted octanol–water partition coefficient (Wildman–Crippen LogP) is 4.04. The zero-order valence-electron chi connectivity index (χ0n) is 16.0. The molecule has 3 unspecified atom stereocenters. The van der Waals surface area contributed by atoms with E-state index in [2.05, 4.69) is 42.2 Å². The molecule has 1 saturated heterocycles. The Morgan fingerprint density at radius 2 is 1.96 bits per heavy atom. The van der Waals surface area contributed by atoms with Crippen molar-refractivity contribution in [2.45, 2.75) is 51.0 Å². The van der Waals surface area contributed by atoms with E-state index in [1.54, 1.807) is 6.92 Å². The van der Waals surface area contributed by atoms with Crippen LogP contribution in [0.5, 0.6) is 0 Å². The average molecular weight is 382 g/mol. The van der Waals surface area contributed by atoms with E-state index in [-0.39, 0.29) is 24.3 Å². The van der Waals surface area contributed by atoms with Gasteiger partial charge in [-0.3, -0.25) is 9.69 Å². The zero-order chi connectivity index (χ0) is 17.7. The first-order chi connectivity index (χ1) is 12.1. The van der Waals surface area contributed by atoms with Crippen LogP contribution in [0.3, 0.4) is 0 Å². The second kappa shape index (κ2) is 9.72. The van der Waals surface area contributed by atoms with Crippen molar-refractivity contribution in [3.8, 4) is 0 Å². The number of nitrogens with zero attached hydrogens (tertiary/aromatic N) is 1. The highest BCUT2D eigenvalue weighted by Crippen LogP contribution is 2.48. The molecule has 0 spiro atoms. The lowest BCUT2D eigenvalue weighted by Crippen LogP contribution is -2.53. The number of hydrogen-bond acceptors (Lipinski definition) is 4. The van der Waals surface area contributed by atoms with Gasteiger partial charge in [-0.25, -0.2) is 0 Å². The Morgan fingerprint density at radius 3 is 2.62 bits per heavy atom. The van der Waals surface area contributed by atoms with Crippen LogP contribution >= 0.6 is 12.4 Å². The lowest BCUT2D eigenvalue weighted by molar-refractivity contribution is -0.173. The summed E-state index contributed by atoms with van der Waals surface area (Å²) in [6, 6.07) is 10.6. The van der Waals surface area contributed by atoms with E-state index in [1.807, 2.05) is 0 Å². The molecule has 0 bridgehead atoms. The minimum Gasteiger partial charge on any atom is -0.458 e. The van der Waals surface area contributed by atoms with Gasteiger partial charge in [-0.15, -0.1) is 12.4 Å². The van der Waals surface area contributed by atoms with Gasteiger partial charge in [0, 0.05) is 38.4 Å². The number of carbonyl (C=O) groups is 1. The number of benzene rings is 1. The molecule has 3 atom stereocenters. The van der Waals surface area contributed by atoms with Crippen molar-refractivity contribution >= 4 is 18.4 Å². The second-order valence-electron chi connectivity index (χ2n) is 7.57. The SMILES string of the molecule is CC(=O)OC1(C(C)CN2CCOCC2)CCCCC1c1ccccc1.Cl. The van der Waals surface area contributed by atoms with E-state index in [4.69, 9.17) is 9.47 Å². The van der Waals surface area contributed by atoms with Gasteiger partial charge >= 0.3 is 5.97 Å². The van der Waals surface area contributed by atoms with E-state index in [9.17, 15) is 4.79 Å². The van der Waals surface area contributed by atoms with Crippen molar-refractivity contribution in [3.63, 3.8) is 0 Å². The van der Waals surface area contributed by atoms with Gasteiger partial charge in [-0.05, 0) is 24.8 Å². The molecule has 1 aliphatic heterocycles. The Morgan fingerprint density at radius 1 is 1.27 bits per heavy atom. The van der Waals surface area contributed by atoms with Crippen LogP contribution in [-0.4, -0.2) is 49.3 Å². The number of ether oxygens (including phenoxy) is 2. The van der Waals surface area contributed by atoms with E-state index in [0.717, 1.165) is 52.1 Å². The Balaban J connectivity index is 0.00000243. The molecule has 1 heterocycles. The molecule has 2 fully saturated rings. The summed E-state index contributed by atoms with van der Waals surface area (Å²) in [6.07, 6.45) is 4.37. The molecule has 1 aromatic carbocycles. The quantitative estimate of drug-likeness (QED) is 0.721. The van der Waals surface area contributed by atoms with Crippen LogP contribution in [-0.2, 0) is 14.3 Å². The van der Waals surface area contributed by atoms with Crippen LogP contribution in [0.2, 0.25) is 0 Å². The van der Waals surface area contributed by atoms with Crippen LogP contribution in [0, 0.1) is 5.92 Å². The van der Waals surface area contributed by atoms with Gasteiger partial charge < -0.3 is 9.47 Å². The van der Waals surface area contributed by atoms with Gasteiger partial charge in [0.25, 0.3) is 0 Å². The fourth-order valence-corrected chi connectivity index (χ4v) is 4.71. The molecule has 0 aromatic heterocycles. The van der Waals surface area contributed by atoms with E-state index in [0.29, 0.717) is 5.92 Å². The molecule has 0 N–H and O–H groups in total. The van der Waals surface area contributed by atoms with Gasteiger partial charge in [0.05, 0.1) is 13.2 Å². The summed E-state index contributed by atoms with van der Waals surface area (Å²) in [5, 5.41) is 0. The zero-order valence-corrected chi connectivity index (χ0v) is 16.8. The predicted molar refractivity (Wildman–Crippen MR) is 106 cm³/mol. The van der Waals surface area contributed by atoms with Crippen LogP contribution in [0.4, 0.5) is 0 Å². The summed E-state index contributed by atoms with van der Waals surface area (Å²) in [5.41, 5.74) is 0.904. The highest BCUT2D eigenvalue weighted by molar-refractivity contribution is 5.85. The maximum atomic E-state index is 12.0. The molecule has 1 aromatic rings. The minimum atomic E-state index is -0.399. The number of morpholine rings is 1. The summed E-state index contributed by atoms with van der Waals surface area (Å²) >= 11 is 0. The third-order valence-electron chi connectivity index (χ3n) is 5.91. The minimum absolute atomic E-state index is 0. The van der Waals surface area contributed by atoms with Gasteiger partial charge in [0.2, 0.25) is 0 Å². The largest absolute Gasteiger partial charge is 0.458 e. The molecule has 0 amide bonds. The summed E-state index contributed by atoms with van der Waals surface area (Å²) in [5.74, 6) is 0.416. The Hall–Kier alpha value is -1.10. The Bertz CT molecular complexity index is 562. The molecule has 5 heteroatoms. The number of esters is 1. The topological polar surface area (TPSA) is 38.8 Å². The average Bonchev–Trinajstić information content (AvgIpc) is 2.63. The van der Waals surface area contributed by atoms with Crippen LogP contribution < -0.4 is 0 Å². The molecule has 1 saturated carbocycles. The standard InChI is InChI=1S/C21H31NO3.ClH/c1-17(16-22-12-14-24-15-13-22)21(25-18(2)23)11-7-6-10-20(21)19-8-4-3-5-9-19;/h3-5,8-9,17,20H,6-7,10-16H2,1-2H3;1H. The third-order valence-corrected chi connectivity index (χ3v) is 5.91. The van der Waals surface area contributed by atoms with Crippen molar-refractivity contribution in [3.05, 3.63) is 35.9 Å². The molecular weight excluding hydrogens is 350 g/mol. The first-order valence-electron chi connectivity index (χ1n) is 9.66. The van der Waals surface area contributed by atoms with Crippen molar-refractivity contribution < 1.29 is 14.3 Å². The Kier molecular flexibility index (Phi) is 7.93. The Labute approximate surface area is 163 Å². The van der Waals surface area contributed by atoms with Gasteiger partial charge in [-0.2, -0.15) is 0 Å². The molecule has 1 aliphatic carbocycles. The van der Waals surface area contributed by atoms with Crippen LogP contribution in [0.1, 0.15) is 51.0 Å². The monoisotopic (exact) mass is 381 g/mol. The smallest absolute Gasteiger partial charge is 0.303 e. The lowest BCUT2D eigenvalue weighted by atomic mass is 9.66. The number of rotatable bonds is 5. The normalized spacial score (nSPS) is 28.0. The summed E-state index contributed by atoms with van der Waals surface area (Å²) in [4.78, 5) is 14.5. The van der Waals surface area contributed by atoms with Crippen molar-refractivity contribution in [2.75, 3.05) is 32.8 Å². The summed E-state index contributed by atoms with van der Waals surface area (Å²) < 4.78 is 11.6. The number of carbonyl (C=O) groups excluding carboxylic acids is 1. The maximum Gasteiger partial charge on any atom is 0.303 e. The van der Waals surface area contributed by atoms with Crippen molar-refractivity contribution in [1.82, 2.24) is 4.90 Å². The van der Waals surface area contributed by atoms with Crippen molar-refractivity contribution in [1.29, 1.82) is 0 Å². The highest BCUT2D eigenvalue weighted by atomic mass is 35.5. The van der Waals surface area contributed by atoms with E-state index in [1.165, 1.54) is 12.0 Å². The van der Waals surface area contributed by atoms with E-state index < -0.39 is 5.60 Å². The van der Waals surface area contributed by atoms with Gasteiger partial charge in [0.15, 0.2) is 0 Å². The first-order valence-corrected chi connectivity index (χ1v) is 9.66. The molecule has 26 heavy (non-hydrogen) atoms. The third kappa shape index (κ3) is 4.79. The highest BCUT2D eigenvalue weighted by Gasteiger charge is 2.48.